The first-order chi connectivity index (χ1) is 7.73. The predicted molar refractivity (Wildman–Crippen MR) is 67.0 cm³/mol. The van der Waals surface area contributed by atoms with E-state index in [2.05, 4.69) is 5.32 Å². The van der Waals surface area contributed by atoms with Crippen LogP contribution in [-0.2, 0) is 4.79 Å². The van der Waals surface area contributed by atoms with E-state index in [-0.39, 0.29) is 0 Å². The van der Waals surface area contributed by atoms with E-state index in [9.17, 15) is 9.90 Å². The van der Waals surface area contributed by atoms with E-state index in [1.165, 1.54) is 0 Å². The summed E-state index contributed by atoms with van der Waals surface area (Å²) in [4.78, 5) is 11.4. The van der Waals surface area contributed by atoms with E-state index in [1.54, 1.807) is 0 Å². The van der Waals surface area contributed by atoms with Crippen LogP contribution in [0.5, 0.6) is 0 Å². The van der Waals surface area contributed by atoms with Crippen molar-refractivity contribution in [3.63, 3.8) is 0 Å². The Morgan fingerprint density at radius 3 is 2.44 bits per heavy atom. The Hall–Kier alpha value is -1.16. The summed E-state index contributed by atoms with van der Waals surface area (Å²) in [6, 6.07) is 9.57. The van der Waals surface area contributed by atoms with E-state index < -0.39 is 11.5 Å². The zero-order valence-electron chi connectivity index (χ0n) is 8.98. The highest BCUT2D eigenvalue weighted by Crippen LogP contribution is 2.30. The summed E-state index contributed by atoms with van der Waals surface area (Å²) in [6.07, 6.45) is 1.36. The van der Waals surface area contributed by atoms with Crippen LogP contribution < -0.4 is 5.32 Å². The molecule has 3 nitrogen and oxygen atoms in total. The number of nitrogens with one attached hydrogen (secondary N) is 1. The Labute approximate surface area is 99.2 Å². The minimum atomic E-state index is -0.771. The summed E-state index contributed by atoms with van der Waals surface area (Å²) in [7, 11) is 0. The van der Waals surface area contributed by atoms with Gasteiger partial charge in [-0.1, -0.05) is 18.2 Å². The van der Waals surface area contributed by atoms with Crippen molar-refractivity contribution in [2.45, 2.75) is 18.4 Å². The van der Waals surface area contributed by atoms with Crippen LogP contribution in [0.1, 0.15) is 12.8 Å². The number of para-hydroxylation sites is 1. The lowest BCUT2D eigenvalue weighted by molar-refractivity contribution is -0.142. The maximum atomic E-state index is 11.4. The molecule has 1 aliphatic rings. The number of carboxylic acid groups (broad SMARTS) is 1. The zero-order valence-corrected chi connectivity index (χ0v) is 9.80. The number of hydrogen-bond donors (Lipinski definition) is 2. The largest absolute Gasteiger partial charge is 0.480 e. The number of aliphatic carboxylic acids is 1. The maximum absolute atomic E-state index is 11.4. The Kier molecular flexibility index (Phi) is 3.39. The molecule has 0 amide bonds. The summed E-state index contributed by atoms with van der Waals surface area (Å²) >= 11 is 1.82. The number of rotatable bonds is 3. The third-order valence-corrected chi connectivity index (χ3v) is 3.90. The molecule has 1 fully saturated rings. The molecule has 1 saturated heterocycles. The number of thioether (sulfide) groups is 1. The van der Waals surface area contributed by atoms with Gasteiger partial charge in [-0.15, -0.1) is 0 Å². The second-order valence-electron chi connectivity index (χ2n) is 3.99. The second kappa shape index (κ2) is 4.78. The van der Waals surface area contributed by atoms with Crippen LogP contribution in [0.15, 0.2) is 30.3 Å². The van der Waals surface area contributed by atoms with Gasteiger partial charge in [0.05, 0.1) is 0 Å². The van der Waals surface area contributed by atoms with Gasteiger partial charge < -0.3 is 10.4 Å². The molecule has 2 rings (SSSR count). The second-order valence-corrected chi connectivity index (χ2v) is 5.22. The average Bonchev–Trinajstić information content (AvgIpc) is 2.31. The highest BCUT2D eigenvalue weighted by Gasteiger charge is 2.39. The molecular formula is C12H15NO2S. The summed E-state index contributed by atoms with van der Waals surface area (Å²) < 4.78 is 0. The van der Waals surface area contributed by atoms with Crippen LogP contribution in [0.3, 0.4) is 0 Å². The number of benzene rings is 1. The number of anilines is 1. The van der Waals surface area contributed by atoms with E-state index in [0.29, 0.717) is 12.8 Å². The minimum absolute atomic E-state index is 0.682. The van der Waals surface area contributed by atoms with Crippen molar-refractivity contribution in [2.24, 2.45) is 0 Å². The Balaban J connectivity index is 2.17. The van der Waals surface area contributed by atoms with Crippen molar-refractivity contribution >= 4 is 23.4 Å². The molecule has 0 bridgehead atoms. The van der Waals surface area contributed by atoms with Crippen LogP contribution in [-0.4, -0.2) is 28.1 Å². The van der Waals surface area contributed by atoms with Crippen molar-refractivity contribution < 1.29 is 9.90 Å². The first kappa shape index (κ1) is 11.3. The molecule has 0 radical (unpaired) electrons. The number of hydrogen-bond acceptors (Lipinski definition) is 3. The van der Waals surface area contributed by atoms with Crippen molar-refractivity contribution in [1.82, 2.24) is 0 Å². The van der Waals surface area contributed by atoms with Gasteiger partial charge in [0.1, 0.15) is 5.54 Å². The van der Waals surface area contributed by atoms with Crippen LogP contribution >= 0.6 is 11.8 Å². The fourth-order valence-electron chi connectivity index (χ4n) is 1.91. The van der Waals surface area contributed by atoms with Gasteiger partial charge in [-0.25, -0.2) is 4.79 Å². The van der Waals surface area contributed by atoms with Gasteiger partial charge in [0.25, 0.3) is 0 Å². The van der Waals surface area contributed by atoms with E-state index in [1.807, 2.05) is 42.1 Å². The Bertz CT molecular complexity index is 361. The fraction of sp³-hybridized carbons (Fsp3) is 0.417. The van der Waals surface area contributed by atoms with Gasteiger partial charge in [-0.2, -0.15) is 11.8 Å². The Morgan fingerprint density at radius 1 is 1.25 bits per heavy atom. The molecule has 0 aromatic heterocycles. The fourth-order valence-corrected chi connectivity index (χ4v) is 3.10. The van der Waals surface area contributed by atoms with E-state index >= 15 is 0 Å². The van der Waals surface area contributed by atoms with E-state index in [4.69, 9.17) is 0 Å². The molecule has 0 saturated carbocycles. The number of carboxylic acids is 1. The lowest BCUT2D eigenvalue weighted by atomic mass is 9.92. The lowest BCUT2D eigenvalue weighted by Gasteiger charge is -2.34. The first-order valence-electron chi connectivity index (χ1n) is 5.37. The standard InChI is InChI=1S/C12H15NO2S/c14-11(15)12(6-8-16-9-7-12)13-10-4-2-1-3-5-10/h1-5,13H,6-9H2,(H,14,15). The molecule has 0 spiro atoms. The summed E-state index contributed by atoms with van der Waals surface area (Å²) in [5.74, 6) is 1.08. The Morgan fingerprint density at radius 2 is 1.88 bits per heavy atom. The molecule has 1 aliphatic heterocycles. The molecule has 1 heterocycles. The predicted octanol–water partition coefficient (Wildman–Crippen LogP) is 2.45. The lowest BCUT2D eigenvalue weighted by Crippen LogP contribution is -2.49. The van der Waals surface area contributed by atoms with Crippen LogP contribution in [0.25, 0.3) is 0 Å². The van der Waals surface area contributed by atoms with Crippen LogP contribution in [0, 0.1) is 0 Å². The average molecular weight is 237 g/mol. The van der Waals surface area contributed by atoms with Crippen LogP contribution in [0.2, 0.25) is 0 Å². The summed E-state index contributed by atoms with van der Waals surface area (Å²) in [5, 5.41) is 12.6. The van der Waals surface area contributed by atoms with Gasteiger partial charge in [0.2, 0.25) is 0 Å². The third kappa shape index (κ3) is 2.32. The summed E-state index contributed by atoms with van der Waals surface area (Å²) in [6.45, 7) is 0. The molecule has 4 heteroatoms. The normalized spacial score (nSPS) is 19.0. The first-order valence-corrected chi connectivity index (χ1v) is 6.53. The molecular weight excluding hydrogens is 222 g/mol. The van der Waals surface area contributed by atoms with Gasteiger partial charge in [0.15, 0.2) is 0 Å². The highest BCUT2D eigenvalue weighted by atomic mass is 32.2. The van der Waals surface area contributed by atoms with Crippen molar-refractivity contribution in [1.29, 1.82) is 0 Å². The molecule has 0 unspecified atom stereocenters. The molecule has 2 N–H and O–H groups in total. The van der Waals surface area contributed by atoms with Crippen molar-refractivity contribution in [3.05, 3.63) is 30.3 Å². The quantitative estimate of drug-likeness (QED) is 0.847. The van der Waals surface area contributed by atoms with Gasteiger partial charge in [-0.3, -0.25) is 0 Å². The molecule has 0 atom stereocenters. The van der Waals surface area contributed by atoms with Gasteiger partial charge in [-0.05, 0) is 36.5 Å². The van der Waals surface area contributed by atoms with Gasteiger partial charge in [0, 0.05) is 5.69 Å². The smallest absolute Gasteiger partial charge is 0.329 e. The third-order valence-electron chi connectivity index (χ3n) is 2.91. The molecule has 86 valence electrons. The maximum Gasteiger partial charge on any atom is 0.329 e. The van der Waals surface area contributed by atoms with Crippen molar-refractivity contribution in [2.75, 3.05) is 16.8 Å². The van der Waals surface area contributed by atoms with Crippen molar-refractivity contribution in [3.8, 4) is 0 Å². The zero-order chi connectivity index (χ0) is 11.4. The van der Waals surface area contributed by atoms with Gasteiger partial charge >= 0.3 is 5.97 Å². The molecule has 0 aliphatic carbocycles. The monoisotopic (exact) mass is 237 g/mol. The summed E-state index contributed by atoms with van der Waals surface area (Å²) in [5.41, 5.74) is 0.115. The molecule has 1 aromatic carbocycles. The molecule has 1 aromatic rings. The topological polar surface area (TPSA) is 49.3 Å². The van der Waals surface area contributed by atoms with E-state index in [0.717, 1.165) is 17.2 Å². The van der Waals surface area contributed by atoms with Crippen LogP contribution in [0.4, 0.5) is 5.69 Å². The minimum Gasteiger partial charge on any atom is -0.480 e. The number of carbonyl (C=O) groups is 1. The molecule has 16 heavy (non-hydrogen) atoms. The SMILES string of the molecule is O=C(O)C1(Nc2ccccc2)CCSCC1. The highest BCUT2D eigenvalue weighted by molar-refractivity contribution is 7.99.